The summed E-state index contributed by atoms with van der Waals surface area (Å²) in [5, 5.41) is 8.79. The minimum Gasteiger partial charge on any atom is -0.480 e. The van der Waals surface area contributed by atoms with Crippen molar-refractivity contribution in [1.82, 2.24) is 0 Å². The normalized spacial score (nSPS) is 12.3. The van der Waals surface area contributed by atoms with Crippen molar-refractivity contribution >= 4 is 17.7 Å². The molecule has 0 aliphatic heterocycles. The molecule has 2 nitrogen and oxygen atoms in total. The number of thioether (sulfide) groups is 1. The first-order valence-electron chi connectivity index (χ1n) is 5.62. The first kappa shape index (κ1) is 13.1. The van der Waals surface area contributed by atoms with Gasteiger partial charge in [-0.25, -0.2) is 0 Å². The molecule has 1 N–H and O–H groups in total. The molecule has 0 aliphatic carbocycles. The maximum Gasteiger partial charge on any atom is 0.316 e. The molecule has 0 radical (unpaired) electrons. The number of carboxylic acids is 1. The quantitative estimate of drug-likeness (QED) is 0.789. The van der Waals surface area contributed by atoms with Crippen LogP contribution in [0, 0.1) is 0 Å². The summed E-state index contributed by atoms with van der Waals surface area (Å²) in [6.45, 7) is 2.08. The predicted molar refractivity (Wildman–Crippen MR) is 68.7 cm³/mol. The van der Waals surface area contributed by atoms with E-state index in [9.17, 15) is 4.79 Å². The van der Waals surface area contributed by atoms with Crippen molar-refractivity contribution < 1.29 is 9.90 Å². The van der Waals surface area contributed by atoms with Crippen molar-refractivity contribution in [2.45, 2.75) is 37.2 Å². The lowest BCUT2D eigenvalue weighted by atomic mass is 10.2. The van der Waals surface area contributed by atoms with Crippen LogP contribution >= 0.6 is 11.8 Å². The van der Waals surface area contributed by atoms with Crippen LogP contribution in [0.2, 0.25) is 0 Å². The maximum absolute atomic E-state index is 11.0. The number of unbranched alkanes of at least 4 members (excludes halogenated alkanes) is 1. The fourth-order valence-corrected chi connectivity index (χ4v) is 2.50. The monoisotopic (exact) mass is 238 g/mol. The van der Waals surface area contributed by atoms with E-state index in [0.29, 0.717) is 0 Å². The van der Waals surface area contributed by atoms with E-state index in [1.165, 1.54) is 17.3 Å². The fraction of sp³-hybridized carbons (Fsp3) is 0.462. The van der Waals surface area contributed by atoms with Crippen molar-refractivity contribution in [2.75, 3.05) is 0 Å². The molecule has 1 aromatic carbocycles. The van der Waals surface area contributed by atoms with Crippen LogP contribution in [0.5, 0.6) is 0 Å². The second-order valence-corrected chi connectivity index (χ2v) is 4.96. The number of carboxylic acid groups (broad SMARTS) is 1. The zero-order valence-electron chi connectivity index (χ0n) is 9.56. The Morgan fingerprint density at radius 1 is 1.38 bits per heavy atom. The van der Waals surface area contributed by atoms with Gasteiger partial charge in [-0.2, -0.15) is 0 Å². The van der Waals surface area contributed by atoms with E-state index >= 15 is 0 Å². The Kier molecular flexibility index (Phi) is 6.01. The van der Waals surface area contributed by atoms with Crippen molar-refractivity contribution in [3.8, 4) is 0 Å². The lowest BCUT2D eigenvalue weighted by Gasteiger charge is -2.11. The van der Waals surface area contributed by atoms with Gasteiger partial charge in [-0.05, 0) is 12.0 Å². The Morgan fingerprint density at radius 3 is 2.62 bits per heavy atom. The highest BCUT2D eigenvalue weighted by atomic mass is 32.2. The van der Waals surface area contributed by atoms with Gasteiger partial charge in [0, 0.05) is 5.75 Å². The molecule has 1 unspecified atom stereocenters. The van der Waals surface area contributed by atoms with Crippen molar-refractivity contribution in [3.63, 3.8) is 0 Å². The molecule has 0 amide bonds. The minimum atomic E-state index is -0.686. The second kappa shape index (κ2) is 7.34. The molecular weight excluding hydrogens is 220 g/mol. The predicted octanol–water partition coefficient (Wildman–Crippen LogP) is 3.56. The third-order valence-corrected chi connectivity index (χ3v) is 3.73. The molecule has 88 valence electrons. The molecule has 0 aromatic heterocycles. The van der Waals surface area contributed by atoms with Gasteiger partial charge in [0.05, 0.1) is 0 Å². The minimum absolute atomic E-state index is 0.264. The molecule has 3 heteroatoms. The third kappa shape index (κ3) is 4.71. The number of rotatable bonds is 7. The third-order valence-electron chi connectivity index (χ3n) is 2.39. The first-order chi connectivity index (χ1) is 7.74. The summed E-state index contributed by atoms with van der Waals surface area (Å²) in [5.41, 5.74) is 1.19. The van der Waals surface area contributed by atoms with Crippen LogP contribution in [0.3, 0.4) is 0 Å². The Balaban J connectivity index is 2.41. The SMILES string of the molecule is CCCCC(SCc1ccccc1)C(=O)O. The molecule has 1 aromatic rings. The average Bonchev–Trinajstić information content (AvgIpc) is 2.30. The van der Waals surface area contributed by atoms with Gasteiger partial charge in [0.1, 0.15) is 5.25 Å². The summed E-state index contributed by atoms with van der Waals surface area (Å²) in [6.07, 6.45) is 2.80. The van der Waals surface area contributed by atoms with Gasteiger partial charge in [0.15, 0.2) is 0 Å². The number of hydrogen-bond donors (Lipinski definition) is 1. The Bertz CT molecular complexity index is 311. The van der Waals surface area contributed by atoms with E-state index in [4.69, 9.17) is 5.11 Å². The van der Waals surface area contributed by atoms with Crippen LogP contribution in [-0.4, -0.2) is 16.3 Å². The smallest absolute Gasteiger partial charge is 0.316 e. The van der Waals surface area contributed by atoms with E-state index in [1.54, 1.807) is 0 Å². The summed E-state index contributed by atoms with van der Waals surface area (Å²) >= 11 is 1.52. The Hall–Kier alpha value is -0.960. The van der Waals surface area contributed by atoms with Crippen LogP contribution in [-0.2, 0) is 10.5 Å². The summed E-state index contributed by atoms with van der Waals surface area (Å²) in [7, 11) is 0. The van der Waals surface area contributed by atoms with E-state index in [0.717, 1.165) is 25.0 Å². The number of benzene rings is 1. The van der Waals surface area contributed by atoms with Crippen LogP contribution in [0.4, 0.5) is 0 Å². The highest BCUT2D eigenvalue weighted by Crippen LogP contribution is 2.22. The molecule has 16 heavy (non-hydrogen) atoms. The molecule has 0 spiro atoms. The zero-order chi connectivity index (χ0) is 11.8. The topological polar surface area (TPSA) is 37.3 Å². The van der Waals surface area contributed by atoms with Crippen LogP contribution in [0.1, 0.15) is 31.7 Å². The lowest BCUT2D eigenvalue weighted by molar-refractivity contribution is -0.136. The first-order valence-corrected chi connectivity index (χ1v) is 6.67. The summed E-state index contributed by atoms with van der Waals surface area (Å²) in [5.74, 6) is 0.0935. The average molecular weight is 238 g/mol. The van der Waals surface area contributed by atoms with Gasteiger partial charge < -0.3 is 5.11 Å². The fourth-order valence-electron chi connectivity index (χ4n) is 1.44. The zero-order valence-corrected chi connectivity index (χ0v) is 10.4. The van der Waals surface area contributed by atoms with Crippen LogP contribution in [0.25, 0.3) is 0 Å². The van der Waals surface area contributed by atoms with E-state index in [-0.39, 0.29) is 5.25 Å². The molecule has 1 rings (SSSR count). The van der Waals surface area contributed by atoms with Crippen LogP contribution in [0.15, 0.2) is 30.3 Å². The van der Waals surface area contributed by atoms with Crippen molar-refractivity contribution in [1.29, 1.82) is 0 Å². The molecular formula is C13H18O2S. The molecule has 0 saturated carbocycles. The second-order valence-electron chi connectivity index (χ2n) is 3.77. The van der Waals surface area contributed by atoms with Gasteiger partial charge in [0.25, 0.3) is 0 Å². The Morgan fingerprint density at radius 2 is 2.06 bits per heavy atom. The molecule has 1 atom stereocenters. The Labute approximate surface area is 101 Å². The van der Waals surface area contributed by atoms with E-state index in [1.807, 2.05) is 30.3 Å². The van der Waals surface area contributed by atoms with Crippen molar-refractivity contribution in [3.05, 3.63) is 35.9 Å². The highest BCUT2D eigenvalue weighted by Gasteiger charge is 2.16. The molecule has 0 fully saturated rings. The van der Waals surface area contributed by atoms with Gasteiger partial charge in [0.2, 0.25) is 0 Å². The maximum atomic E-state index is 11.0. The van der Waals surface area contributed by atoms with E-state index in [2.05, 4.69) is 6.92 Å². The number of aliphatic carboxylic acids is 1. The van der Waals surface area contributed by atoms with E-state index < -0.39 is 5.97 Å². The number of carbonyl (C=O) groups is 1. The van der Waals surface area contributed by atoms with Crippen molar-refractivity contribution in [2.24, 2.45) is 0 Å². The molecule has 0 saturated heterocycles. The standard InChI is InChI=1S/C13H18O2S/c1-2-3-9-12(13(14)15)16-10-11-7-5-4-6-8-11/h4-8,12H,2-3,9-10H2,1H3,(H,14,15). The number of hydrogen-bond acceptors (Lipinski definition) is 2. The highest BCUT2D eigenvalue weighted by molar-refractivity contribution is 7.99. The van der Waals surface area contributed by atoms with Crippen LogP contribution < -0.4 is 0 Å². The largest absolute Gasteiger partial charge is 0.480 e. The summed E-state index contributed by atoms with van der Waals surface area (Å²) in [4.78, 5) is 11.0. The lowest BCUT2D eigenvalue weighted by Crippen LogP contribution is -2.16. The van der Waals surface area contributed by atoms with Gasteiger partial charge in [-0.1, -0.05) is 50.1 Å². The van der Waals surface area contributed by atoms with Gasteiger partial charge >= 0.3 is 5.97 Å². The molecule has 0 bridgehead atoms. The van der Waals surface area contributed by atoms with Gasteiger partial charge in [-0.3, -0.25) is 4.79 Å². The summed E-state index contributed by atoms with van der Waals surface area (Å²) < 4.78 is 0. The van der Waals surface area contributed by atoms with Gasteiger partial charge in [-0.15, -0.1) is 11.8 Å². The molecule has 0 heterocycles. The summed E-state index contributed by atoms with van der Waals surface area (Å²) in [6, 6.07) is 10.0. The molecule has 0 aliphatic rings.